The minimum Gasteiger partial charge on any atom is -0.462 e. The molecule has 8 heteroatoms. The van der Waals surface area contributed by atoms with E-state index < -0.39 is 0 Å². The summed E-state index contributed by atoms with van der Waals surface area (Å²) in [5.74, 6) is -0.0887. The minimum absolute atomic E-state index is 0.287. The number of ether oxygens (including phenoxy) is 1. The van der Waals surface area contributed by atoms with Crippen LogP contribution in [0.2, 0.25) is 0 Å². The normalized spacial score (nSPS) is 18.0. The molecule has 180 valence electrons. The molecule has 3 aromatic rings. The van der Waals surface area contributed by atoms with E-state index in [0.717, 1.165) is 66.4 Å². The number of nitrogens with two attached hydrogens (primary N) is 1. The van der Waals surface area contributed by atoms with Crippen LogP contribution in [0.25, 0.3) is 10.2 Å². The average molecular weight is 498 g/mol. The summed E-state index contributed by atoms with van der Waals surface area (Å²) >= 11 is 2.83. The van der Waals surface area contributed by atoms with Crippen LogP contribution in [0, 0.1) is 5.92 Å². The number of hydrogen-bond donors (Lipinski definition) is 2. The van der Waals surface area contributed by atoms with Gasteiger partial charge in [0.1, 0.15) is 14.7 Å². The van der Waals surface area contributed by atoms with Gasteiger partial charge in [0.25, 0.3) is 5.91 Å². The molecular weight excluding hydrogens is 466 g/mol. The van der Waals surface area contributed by atoms with Gasteiger partial charge >= 0.3 is 5.97 Å². The number of esters is 1. The van der Waals surface area contributed by atoms with E-state index >= 15 is 0 Å². The monoisotopic (exact) mass is 497 g/mol. The number of fused-ring (bicyclic) bond motifs is 3. The third-order valence-corrected chi connectivity index (χ3v) is 9.21. The highest BCUT2D eigenvalue weighted by Gasteiger charge is 2.30. The highest BCUT2D eigenvalue weighted by atomic mass is 32.1. The standard InChI is InChI=1S/C26H31N3O3S2/c1-3-32-26(31)20-16-11-10-14(2)12-19(16)33-25(20)29-23(30)22-21(27)17-13-15-8-6-4-5-7-9-18(15)28-24(17)34-22/h13-14H,3-12,27H2,1-2H3,(H,29,30). The van der Waals surface area contributed by atoms with Crippen molar-refractivity contribution in [3.05, 3.63) is 38.2 Å². The van der Waals surface area contributed by atoms with Crippen LogP contribution in [0.5, 0.6) is 0 Å². The maximum atomic E-state index is 13.4. The SMILES string of the molecule is CCOC(=O)c1c(NC(=O)c2sc3nc4c(cc3c2N)CCCCCC4)sc2c1CCC(C)C2. The van der Waals surface area contributed by atoms with Gasteiger partial charge in [0.15, 0.2) is 0 Å². The van der Waals surface area contributed by atoms with Gasteiger partial charge in [0, 0.05) is 16.0 Å². The molecule has 6 nitrogen and oxygen atoms in total. The zero-order valence-electron chi connectivity index (χ0n) is 19.8. The summed E-state index contributed by atoms with van der Waals surface area (Å²) in [4.78, 5) is 33.5. The van der Waals surface area contributed by atoms with Crippen LogP contribution >= 0.6 is 22.7 Å². The summed E-state index contributed by atoms with van der Waals surface area (Å²) in [6.45, 7) is 4.32. The summed E-state index contributed by atoms with van der Waals surface area (Å²) < 4.78 is 5.34. The maximum absolute atomic E-state index is 13.4. The van der Waals surface area contributed by atoms with Gasteiger partial charge in [-0.3, -0.25) is 4.79 Å². The molecule has 34 heavy (non-hydrogen) atoms. The number of nitrogen functional groups attached to an aromatic ring is 1. The first-order chi connectivity index (χ1) is 16.5. The van der Waals surface area contributed by atoms with Crippen LogP contribution < -0.4 is 11.1 Å². The smallest absolute Gasteiger partial charge is 0.341 e. The second-order valence-corrected chi connectivity index (χ2v) is 11.5. The fourth-order valence-electron chi connectivity index (χ4n) is 5.10. The van der Waals surface area contributed by atoms with E-state index in [1.807, 2.05) is 0 Å². The van der Waals surface area contributed by atoms with Crippen LogP contribution in [0.3, 0.4) is 0 Å². The number of nitrogens with one attached hydrogen (secondary N) is 1. The Bertz CT molecular complexity index is 1260. The van der Waals surface area contributed by atoms with Gasteiger partial charge in [0.2, 0.25) is 0 Å². The average Bonchev–Trinajstić information content (AvgIpc) is 3.30. The van der Waals surface area contributed by atoms with Crippen molar-refractivity contribution in [2.24, 2.45) is 5.92 Å². The molecule has 3 N–H and O–H groups in total. The number of carbonyl (C=O) groups is 2. The molecule has 3 heterocycles. The zero-order valence-corrected chi connectivity index (χ0v) is 21.4. The van der Waals surface area contributed by atoms with Crippen LogP contribution in [0.15, 0.2) is 6.07 Å². The second-order valence-electron chi connectivity index (χ2n) is 9.44. The lowest BCUT2D eigenvalue weighted by Crippen LogP contribution is -2.16. The van der Waals surface area contributed by atoms with Crippen molar-refractivity contribution >= 4 is 55.5 Å². The highest BCUT2D eigenvalue weighted by molar-refractivity contribution is 7.21. The summed E-state index contributed by atoms with van der Waals surface area (Å²) in [6.07, 6.45) is 9.57. The number of hydrogen-bond acceptors (Lipinski definition) is 7. The van der Waals surface area contributed by atoms with E-state index in [1.165, 1.54) is 46.0 Å². The molecule has 5 rings (SSSR count). The first-order valence-corrected chi connectivity index (χ1v) is 13.9. The molecule has 0 radical (unpaired) electrons. The third kappa shape index (κ3) is 4.33. The number of nitrogens with zero attached hydrogens (tertiary/aromatic N) is 1. The van der Waals surface area contributed by atoms with Crippen molar-refractivity contribution in [1.29, 1.82) is 0 Å². The van der Waals surface area contributed by atoms with Crippen molar-refractivity contribution in [3.8, 4) is 0 Å². The molecule has 1 amide bonds. The molecule has 0 bridgehead atoms. The second kappa shape index (κ2) is 9.66. The Morgan fingerprint density at radius 1 is 1.18 bits per heavy atom. The number of anilines is 2. The van der Waals surface area contributed by atoms with Crippen molar-refractivity contribution in [2.75, 3.05) is 17.7 Å². The molecule has 0 saturated heterocycles. The Hall–Kier alpha value is -2.45. The van der Waals surface area contributed by atoms with E-state index in [4.69, 9.17) is 15.5 Å². The van der Waals surface area contributed by atoms with Gasteiger partial charge in [-0.05, 0) is 75.0 Å². The van der Waals surface area contributed by atoms with Crippen LogP contribution in [-0.2, 0) is 30.4 Å². The van der Waals surface area contributed by atoms with Gasteiger partial charge in [-0.2, -0.15) is 0 Å². The molecule has 1 atom stereocenters. The van der Waals surface area contributed by atoms with Crippen LogP contribution in [-0.4, -0.2) is 23.5 Å². The van der Waals surface area contributed by atoms with E-state index in [0.29, 0.717) is 33.7 Å². The molecule has 1 unspecified atom stereocenters. The Labute approximate surface area is 207 Å². The first kappa shape index (κ1) is 23.3. The molecule has 2 aliphatic carbocycles. The predicted molar refractivity (Wildman–Crippen MR) is 139 cm³/mol. The van der Waals surface area contributed by atoms with Gasteiger partial charge in [-0.1, -0.05) is 19.8 Å². The quantitative estimate of drug-likeness (QED) is 0.422. The van der Waals surface area contributed by atoms with Crippen molar-refractivity contribution in [1.82, 2.24) is 4.98 Å². The number of aryl methyl sites for hydroxylation is 2. The number of carbonyl (C=O) groups excluding carboxylic acids is 2. The molecule has 0 spiro atoms. The molecular formula is C26H31N3O3S2. The van der Waals surface area contributed by atoms with Crippen LogP contribution in [0.4, 0.5) is 10.7 Å². The van der Waals surface area contributed by atoms with Gasteiger partial charge in [-0.25, -0.2) is 9.78 Å². The molecule has 0 aromatic carbocycles. The maximum Gasteiger partial charge on any atom is 0.341 e. The Morgan fingerprint density at radius 3 is 2.76 bits per heavy atom. The van der Waals surface area contributed by atoms with E-state index in [9.17, 15) is 9.59 Å². The lowest BCUT2D eigenvalue weighted by molar-refractivity contribution is 0.0526. The molecule has 0 fully saturated rings. The van der Waals surface area contributed by atoms with Crippen LogP contribution in [0.1, 0.15) is 87.7 Å². The topological polar surface area (TPSA) is 94.3 Å². The fourth-order valence-corrected chi connectivity index (χ4v) is 7.49. The first-order valence-electron chi connectivity index (χ1n) is 12.3. The van der Waals surface area contributed by atoms with Gasteiger partial charge < -0.3 is 15.8 Å². The molecule has 2 aliphatic rings. The number of pyridine rings is 1. The molecule has 0 aliphatic heterocycles. The van der Waals surface area contributed by atoms with Gasteiger partial charge in [-0.15, -0.1) is 22.7 Å². The summed E-state index contributed by atoms with van der Waals surface area (Å²) in [5.41, 5.74) is 10.9. The highest BCUT2D eigenvalue weighted by Crippen LogP contribution is 2.41. The number of aromatic nitrogens is 1. The lowest BCUT2D eigenvalue weighted by atomic mass is 9.88. The Kier molecular flexibility index (Phi) is 6.62. The van der Waals surface area contributed by atoms with Crippen molar-refractivity contribution in [2.45, 2.75) is 71.6 Å². The largest absolute Gasteiger partial charge is 0.462 e. The lowest BCUT2D eigenvalue weighted by Gasteiger charge is -2.18. The zero-order chi connectivity index (χ0) is 23.8. The van der Waals surface area contributed by atoms with E-state index in [2.05, 4.69) is 18.3 Å². The van der Waals surface area contributed by atoms with Crippen molar-refractivity contribution < 1.29 is 14.3 Å². The summed E-state index contributed by atoms with van der Waals surface area (Å²) in [5, 5.41) is 4.44. The summed E-state index contributed by atoms with van der Waals surface area (Å²) in [7, 11) is 0. The Balaban J connectivity index is 1.49. The minimum atomic E-state index is -0.365. The summed E-state index contributed by atoms with van der Waals surface area (Å²) in [6, 6.07) is 2.14. The van der Waals surface area contributed by atoms with E-state index in [1.54, 1.807) is 6.92 Å². The third-order valence-electron chi connectivity index (χ3n) is 6.92. The number of rotatable bonds is 4. The molecule has 0 saturated carbocycles. The number of amides is 1. The molecule has 3 aromatic heterocycles. The fraction of sp³-hybridized carbons (Fsp3) is 0.500. The van der Waals surface area contributed by atoms with Crippen molar-refractivity contribution in [3.63, 3.8) is 0 Å². The van der Waals surface area contributed by atoms with Gasteiger partial charge in [0.05, 0.1) is 17.9 Å². The number of thiophene rings is 2. The Morgan fingerprint density at radius 2 is 1.97 bits per heavy atom. The predicted octanol–water partition coefficient (Wildman–Crippen LogP) is 6.15. The van der Waals surface area contributed by atoms with E-state index in [-0.39, 0.29) is 11.9 Å².